The Morgan fingerprint density at radius 1 is 1.33 bits per heavy atom. The van der Waals surface area contributed by atoms with Crippen molar-refractivity contribution in [3.05, 3.63) is 47.7 Å². The number of nitrogens with two attached hydrogens (primary N) is 1. The Morgan fingerprint density at radius 2 is 2.22 bits per heavy atom. The van der Waals surface area contributed by atoms with Gasteiger partial charge in [0.1, 0.15) is 0 Å². The molecule has 0 fully saturated rings. The summed E-state index contributed by atoms with van der Waals surface area (Å²) in [6.07, 6.45) is 2.02. The van der Waals surface area contributed by atoms with Gasteiger partial charge in [-0.1, -0.05) is 17.3 Å². The molecule has 0 aliphatic carbocycles. The first kappa shape index (κ1) is 11.0. The lowest BCUT2D eigenvalue weighted by molar-refractivity contribution is 0.386. The predicted octanol–water partition coefficient (Wildman–Crippen LogP) is 1.84. The summed E-state index contributed by atoms with van der Waals surface area (Å²) in [4.78, 5) is 4.21. The largest absolute Gasteiger partial charge is 0.340 e. The Morgan fingerprint density at radius 3 is 2.94 bits per heavy atom. The highest BCUT2D eigenvalue weighted by Gasteiger charge is 2.07. The van der Waals surface area contributed by atoms with Crippen LogP contribution in [0.25, 0.3) is 10.9 Å². The number of rotatable bonds is 3. The van der Waals surface area contributed by atoms with Crippen LogP contribution in [0.2, 0.25) is 0 Å². The van der Waals surface area contributed by atoms with Crippen LogP contribution in [0.4, 0.5) is 0 Å². The highest BCUT2D eigenvalue weighted by molar-refractivity contribution is 5.83. The van der Waals surface area contributed by atoms with Crippen molar-refractivity contribution in [3.63, 3.8) is 0 Å². The molecular weight excluding hydrogens is 228 g/mol. The molecule has 0 aliphatic rings. The fraction of sp³-hybridized carbons (Fsp3) is 0.231. The molecular formula is C13H14N4O. The maximum absolute atomic E-state index is 5.73. The van der Waals surface area contributed by atoms with Crippen molar-refractivity contribution in [2.75, 3.05) is 0 Å². The molecule has 3 aromatic rings. The molecule has 2 aromatic heterocycles. The molecule has 0 aliphatic heterocycles. The Bertz CT molecular complexity index is 683. The predicted molar refractivity (Wildman–Crippen MR) is 68.0 cm³/mol. The molecule has 3 rings (SSSR count). The molecule has 1 aromatic carbocycles. The molecule has 92 valence electrons. The van der Waals surface area contributed by atoms with Crippen molar-refractivity contribution in [1.29, 1.82) is 0 Å². The van der Waals surface area contributed by atoms with Crippen molar-refractivity contribution in [3.8, 4) is 0 Å². The van der Waals surface area contributed by atoms with Crippen molar-refractivity contribution < 1.29 is 4.52 Å². The minimum atomic E-state index is 0.544. The van der Waals surface area contributed by atoms with Crippen molar-refractivity contribution in [2.24, 2.45) is 5.73 Å². The zero-order chi connectivity index (χ0) is 12.5. The molecule has 2 N–H and O–H groups in total. The normalized spacial score (nSPS) is 11.2. The van der Waals surface area contributed by atoms with Gasteiger partial charge in [0.05, 0.1) is 6.54 Å². The van der Waals surface area contributed by atoms with E-state index in [9.17, 15) is 0 Å². The van der Waals surface area contributed by atoms with Gasteiger partial charge in [-0.25, -0.2) is 0 Å². The van der Waals surface area contributed by atoms with Gasteiger partial charge in [0.25, 0.3) is 0 Å². The van der Waals surface area contributed by atoms with E-state index < -0.39 is 0 Å². The lowest BCUT2D eigenvalue weighted by atomic mass is 10.1. The number of aryl methyl sites for hydroxylation is 1. The van der Waals surface area contributed by atoms with Crippen LogP contribution < -0.4 is 5.73 Å². The summed E-state index contributed by atoms with van der Waals surface area (Å²) < 4.78 is 7.07. The lowest BCUT2D eigenvalue weighted by Crippen LogP contribution is -2.01. The maximum atomic E-state index is 5.73. The second-order valence-corrected chi connectivity index (χ2v) is 4.23. The number of hydrogen-bond acceptors (Lipinski definition) is 4. The molecule has 0 unspecified atom stereocenters. The molecule has 0 amide bonds. The number of benzene rings is 1. The second-order valence-electron chi connectivity index (χ2n) is 4.23. The van der Waals surface area contributed by atoms with E-state index >= 15 is 0 Å². The number of fused-ring (bicyclic) bond motifs is 1. The smallest absolute Gasteiger partial charge is 0.223 e. The van der Waals surface area contributed by atoms with Gasteiger partial charge in [-0.15, -0.1) is 0 Å². The molecule has 0 bridgehead atoms. The summed E-state index contributed by atoms with van der Waals surface area (Å²) >= 11 is 0. The van der Waals surface area contributed by atoms with Gasteiger partial charge in [0.2, 0.25) is 5.89 Å². The first-order valence-corrected chi connectivity index (χ1v) is 5.84. The molecule has 0 atom stereocenters. The van der Waals surface area contributed by atoms with Crippen LogP contribution >= 0.6 is 0 Å². The summed E-state index contributed by atoms with van der Waals surface area (Å²) in [7, 11) is 0. The SMILES string of the molecule is Cc1nc(Cn2ccc3c(CN)cccc32)no1. The fourth-order valence-corrected chi connectivity index (χ4v) is 2.16. The zero-order valence-corrected chi connectivity index (χ0v) is 10.1. The van der Waals surface area contributed by atoms with Crippen LogP contribution in [0.15, 0.2) is 35.0 Å². The quantitative estimate of drug-likeness (QED) is 0.760. The first-order chi connectivity index (χ1) is 8.78. The van der Waals surface area contributed by atoms with Gasteiger partial charge >= 0.3 is 0 Å². The van der Waals surface area contributed by atoms with E-state index in [4.69, 9.17) is 10.3 Å². The minimum absolute atomic E-state index is 0.544. The van der Waals surface area contributed by atoms with Gasteiger partial charge in [0.15, 0.2) is 5.82 Å². The molecule has 0 spiro atoms. The molecule has 18 heavy (non-hydrogen) atoms. The average Bonchev–Trinajstić information content (AvgIpc) is 2.97. The van der Waals surface area contributed by atoms with E-state index in [2.05, 4.69) is 26.8 Å². The van der Waals surface area contributed by atoms with Gasteiger partial charge in [-0.2, -0.15) is 4.98 Å². The molecule has 0 radical (unpaired) electrons. The maximum Gasteiger partial charge on any atom is 0.223 e. The number of hydrogen-bond donors (Lipinski definition) is 1. The van der Waals surface area contributed by atoms with E-state index in [-0.39, 0.29) is 0 Å². The third-order valence-electron chi connectivity index (χ3n) is 3.01. The Labute approximate surface area is 104 Å². The van der Waals surface area contributed by atoms with Gasteiger partial charge in [0, 0.05) is 30.6 Å². The fourth-order valence-electron chi connectivity index (χ4n) is 2.16. The van der Waals surface area contributed by atoms with E-state index in [0.29, 0.717) is 24.8 Å². The second kappa shape index (κ2) is 4.27. The standard InChI is InChI=1S/C13H14N4O/c1-9-15-13(16-18-9)8-17-6-5-11-10(7-14)3-2-4-12(11)17/h2-6H,7-8,14H2,1H3. The monoisotopic (exact) mass is 242 g/mol. The highest BCUT2D eigenvalue weighted by Crippen LogP contribution is 2.20. The topological polar surface area (TPSA) is 69.9 Å². The van der Waals surface area contributed by atoms with E-state index in [1.165, 1.54) is 5.39 Å². The summed E-state index contributed by atoms with van der Waals surface area (Å²) in [5.74, 6) is 1.27. The third-order valence-corrected chi connectivity index (χ3v) is 3.01. The van der Waals surface area contributed by atoms with Crippen LogP contribution in [0.5, 0.6) is 0 Å². The van der Waals surface area contributed by atoms with E-state index in [0.717, 1.165) is 11.1 Å². The van der Waals surface area contributed by atoms with Crippen LogP contribution in [0.3, 0.4) is 0 Å². The van der Waals surface area contributed by atoms with Gasteiger partial charge in [-0.05, 0) is 17.7 Å². The summed E-state index contributed by atoms with van der Waals surface area (Å²) in [6.45, 7) is 2.94. The molecule has 0 saturated heterocycles. The number of nitrogens with zero attached hydrogens (tertiary/aromatic N) is 3. The van der Waals surface area contributed by atoms with Crippen LogP contribution in [0.1, 0.15) is 17.3 Å². The van der Waals surface area contributed by atoms with Gasteiger partial charge in [-0.3, -0.25) is 0 Å². The lowest BCUT2D eigenvalue weighted by Gasteiger charge is -2.03. The molecule has 5 heteroatoms. The Balaban J connectivity index is 2.02. The number of aromatic nitrogens is 3. The van der Waals surface area contributed by atoms with Crippen molar-refractivity contribution in [2.45, 2.75) is 20.0 Å². The minimum Gasteiger partial charge on any atom is -0.340 e. The Kier molecular flexibility index (Phi) is 2.60. The van der Waals surface area contributed by atoms with Crippen molar-refractivity contribution >= 4 is 10.9 Å². The van der Waals surface area contributed by atoms with E-state index in [1.807, 2.05) is 18.3 Å². The van der Waals surface area contributed by atoms with Crippen LogP contribution in [-0.2, 0) is 13.1 Å². The highest BCUT2D eigenvalue weighted by atomic mass is 16.5. The first-order valence-electron chi connectivity index (χ1n) is 5.84. The van der Waals surface area contributed by atoms with Crippen LogP contribution in [-0.4, -0.2) is 14.7 Å². The van der Waals surface area contributed by atoms with Crippen molar-refractivity contribution in [1.82, 2.24) is 14.7 Å². The van der Waals surface area contributed by atoms with E-state index in [1.54, 1.807) is 6.92 Å². The average molecular weight is 242 g/mol. The van der Waals surface area contributed by atoms with Crippen LogP contribution in [0, 0.1) is 6.92 Å². The molecule has 0 saturated carbocycles. The zero-order valence-electron chi connectivity index (χ0n) is 10.1. The summed E-state index contributed by atoms with van der Waals surface area (Å²) in [5, 5.41) is 5.09. The molecule has 2 heterocycles. The Hall–Kier alpha value is -2.14. The summed E-state index contributed by atoms with van der Waals surface area (Å²) in [6, 6.07) is 8.21. The molecule has 5 nitrogen and oxygen atoms in total. The summed E-state index contributed by atoms with van der Waals surface area (Å²) in [5.41, 5.74) is 8.02. The van der Waals surface area contributed by atoms with Gasteiger partial charge < -0.3 is 14.8 Å². The third kappa shape index (κ3) is 1.78.